The summed E-state index contributed by atoms with van der Waals surface area (Å²) in [6.45, 7) is 7.84. The Balaban J connectivity index is 1.65. The van der Waals surface area contributed by atoms with E-state index in [0.717, 1.165) is 5.56 Å². The lowest BCUT2D eigenvalue weighted by molar-refractivity contribution is -0.134. The summed E-state index contributed by atoms with van der Waals surface area (Å²) in [6, 6.07) is 13.4. The van der Waals surface area contributed by atoms with E-state index in [1.165, 1.54) is 6.07 Å². The molecule has 0 spiro atoms. The topological polar surface area (TPSA) is 52.7 Å². The number of benzene rings is 2. The second-order valence-electron chi connectivity index (χ2n) is 7.77. The van der Waals surface area contributed by atoms with Gasteiger partial charge in [0.15, 0.2) is 0 Å². The SMILES string of the molecule is Cc1ccccc1C(=O)N[C@H](C(=O)N1CCN(c2ccccc2F)CC1)C(C)C. The number of anilines is 1. The first kappa shape index (κ1) is 20.8. The molecule has 2 amide bonds. The third-order valence-corrected chi connectivity index (χ3v) is 5.39. The van der Waals surface area contributed by atoms with E-state index in [4.69, 9.17) is 0 Å². The Labute approximate surface area is 171 Å². The van der Waals surface area contributed by atoms with E-state index < -0.39 is 6.04 Å². The molecule has 0 unspecified atom stereocenters. The maximum Gasteiger partial charge on any atom is 0.252 e. The van der Waals surface area contributed by atoms with Gasteiger partial charge in [-0.3, -0.25) is 9.59 Å². The Morgan fingerprint density at radius 3 is 2.21 bits per heavy atom. The molecule has 2 aromatic carbocycles. The highest BCUT2D eigenvalue weighted by Gasteiger charge is 2.31. The van der Waals surface area contributed by atoms with Gasteiger partial charge in [0.2, 0.25) is 5.91 Å². The van der Waals surface area contributed by atoms with E-state index in [-0.39, 0.29) is 23.5 Å². The third kappa shape index (κ3) is 4.75. The molecule has 1 fully saturated rings. The molecule has 1 atom stereocenters. The van der Waals surface area contributed by atoms with Crippen molar-refractivity contribution >= 4 is 17.5 Å². The van der Waals surface area contributed by atoms with Crippen LogP contribution in [0.3, 0.4) is 0 Å². The Morgan fingerprint density at radius 1 is 0.966 bits per heavy atom. The summed E-state index contributed by atoms with van der Waals surface area (Å²) >= 11 is 0. The van der Waals surface area contributed by atoms with Crippen LogP contribution in [0.5, 0.6) is 0 Å². The van der Waals surface area contributed by atoms with E-state index in [2.05, 4.69) is 5.32 Å². The summed E-state index contributed by atoms with van der Waals surface area (Å²) < 4.78 is 14.0. The summed E-state index contributed by atoms with van der Waals surface area (Å²) in [4.78, 5) is 29.5. The number of piperazine rings is 1. The van der Waals surface area contributed by atoms with Gasteiger partial charge in [-0.2, -0.15) is 0 Å². The van der Waals surface area contributed by atoms with Crippen LogP contribution in [-0.2, 0) is 4.79 Å². The van der Waals surface area contributed by atoms with E-state index in [1.807, 2.05) is 49.9 Å². The van der Waals surface area contributed by atoms with Crippen molar-refractivity contribution in [1.82, 2.24) is 10.2 Å². The fourth-order valence-electron chi connectivity index (χ4n) is 3.63. The van der Waals surface area contributed by atoms with Crippen LogP contribution in [0, 0.1) is 18.7 Å². The molecule has 1 aliphatic heterocycles. The van der Waals surface area contributed by atoms with Gasteiger partial charge in [-0.25, -0.2) is 4.39 Å². The van der Waals surface area contributed by atoms with Gasteiger partial charge in [-0.15, -0.1) is 0 Å². The van der Waals surface area contributed by atoms with E-state index in [0.29, 0.717) is 37.4 Å². The molecule has 1 aliphatic rings. The molecule has 0 saturated carbocycles. The fraction of sp³-hybridized carbons (Fsp3) is 0.391. The molecule has 1 N–H and O–H groups in total. The largest absolute Gasteiger partial charge is 0.366 e. The van der Waals surface area contributed by atoms with Gasteiger partial charge in [0.25, 0.3) is 5.91 Å². The Kier molecular flexibility index (Phi) is 6.52. The van der Waals surface area contributed by atoms with E-state index in [9.17, 15) is 14.0 Å². The van der Waals surface area contributed by atoms with Crippen molar-refractivity contribution in [2.75, 3.05) is 31.1 Å². The molecule has 0 aromatic heterocycles. The molecule has 0 bridgehead atoms. The number of carbonyl (C=O) groups is 2. The number of halogens is 1. The van der Waals surface area contributed by atoms with Crippen LogP contribution in [0.1, 0.15) is 29.8 Å². The zero-order valence-electron chi connectivity index (χ0n) is 17.2. The molecule has 0 aliphatic carbocycles. The number of para-hydroxylation sites is 1. The number of aryl methyl sites for hydroxylation is 1. The molecule has 5 nitrogen and oxygen atoms in total. The minimum absolute atomic E-state index is 0.0416. The molecule has 6 heteroatoms. The van der Waals surface area contributed by atoms with Crippen molar-refractivity contribution < 1.29 is 14.0 Å². The van der Waals surface area contributed by atoms with Crippen molar-refractivity contribution in [3.8, 4) is 0 Å². The van der Waals surface area contributed by atoms with Crippen LogP contribution in [0.15, 0.2) is 48.5 Å². The lowest BCUT2D eigenvalue weighted by Gasteiger charge is -2.38. The van der Waals surface area contributed by atoms with Crippen LogP contribution in [-0.4, -0.2) is 48.9 Å². The van der Waals surface area contributed by atoms with Crippen LogP contribution >= 0.6 is 0 Å². The number of nitrogens with zero attached hydrogens (tertiary/aromatic N) is 2. The van der Waals surface area contributed by atoms with Gasteiger partial charge in [0.1, 0.15) is 11.9 Å². The lowest BCUT2D eigenvalue weighted by atomic mass is 10.0. The number of carbonyl (C=O) groups excluding carboxylic acids is 2. The molecule has 1 heterocycles. The molecular weight excluding hydrogens is 369 g/mol. The van der Waals surface area contributed by atoms with Crippen LogP contribution in [0.4, 0.5) is 10.1 Å². The predicted octanol–water partition coefficient (Wildman–Crippen LogP) is 3.24. The summed E-state index contributed by atoms with van der Waals surface area (Å²) in [5.74, 6) is -0.617. The number of nitrogens with one attached hydrogen (secondary N) is 1. The maximum absolute atomic E-state index is 14.0. The Morgan fingerprint density at radius 2 is 1.59 bits per heavy atom. The van der Waals surface area contributed by atoms with Crippen molar-refractivity contribution in [3.05, 3.63) is 65.5 Å². The third-order valence-electron chi connectivity index (χ3n) is 5.39. The quantitative estimate of drug-likeness (QED) is 0.843. The van der Waals surface area contributed by atoms with Gasteiger partial charge in [-0.1, -0.05) is 44.2 Å². The van der Waals surface area contributed by atoms with Crippen molar-refractivity contribution in [2.24, 2.45) is 5.92 Å². The van der Waals surface area contributed by atoms with Crippen molar-refractivity contribution in [2.45, 2.75) is 26.8 Å². The van der Waals surface area contributed by atoms with Crippen LogP contribution in [0.25, 0.3) is 0 Å². The normalized spacial score (nSPS) is 15.3. The second-order valence-corrected chi connectivity index (χ2v) is 7.77. The molecule has 0 radical (unpaired) electrons. The molecule has 2 aromatic rings. The van der Waals surface area contributed by atoms with Crippen molar-refractivity contribution in [3.63, 3.8) is 0 Å². The van der Waals surface area contributed by atoms with E-state index in [1.54, 1.807) is 23.1 Å². The molecular formula is C23H28FN3O2. The highest BCUT2D eigenvalue weighted by atomic mass is 19.1. The standard InChI is InChI=1S/C23H28FN3O2/c1-16(2)21(25-22(28)18-9-5-4-8-17(18)3)23(29)27-14-12-26(13-15-27)20-11-7-6-10-19(20)24/h4-11,16,21H,12-15H2,1-3H3,(H,25,28)/t21-/m0/s1. The number of hydrogen-bond donors (Lipinski definition) is 1. The number of rotatable bonds is 5. The zero-order chi connectivity index (χ0) is 21.0. The van der Waals surface area contributed by atoms with Gasteiger partial charge in [-0.05, 0) is 36.6 Å². The molecule has 3 rings (SSSR count). The first-order chi connectivity index (χ1) is 13.9. The predicted molar refractivity (Wildman–Crippen MR) is 112 cm³/mol. The van der Waals surface area contributed by atoms with Gasteiger partial charge < -0.3 is 15.1 Å². The van der Waals surface area contributed by atoms with Gasteiger partial charge in [0, 0.05) is 31.7 Å². The number of amides is 2. The highest BCUT2D eigenvalue weighted by Crippen LogP contribution is 2.21. The summed E-state index contributed by atoms with van der Waals surface area (Å²) in [5, 5.41) is 2.92. The Hall–Kier alpha value is -2.89. The smallest absolute Gasteiger partial charge is 0.252 e. The average molecular weight is 397 g/mol. The first-order valence-electron chi connectivity index (χ1n) is 10.0. The summed E-state index contributed by atoms with van der Waals surface area (Å²) in [6.07, 6.45) is 0. The first-order valence-corrected chi connectivity index (χ1v) is 10.0. The van der Waals surface area contributed by atoms with E-state index >= 15 is 0 Å². The molecule has 29 heavy (non-hydrogen) atoms. The van der Waals surface area contributed by atoms with Crippen LogP contribution < -0.4 is 10.2 Å². The Bertz CT molecular complexity index is 876. The summed E-state index contributed by atoms with van der Waals surface area (Å²) in [7, 11) is 0. The lowest BCUT2D eigenvalue weighted by Crippen LogP contribution is -2.56. The molecule has 154 valence electrons. The average Bonchev–Trinajstić information content (AvgIpc) is 2.72. The van der Waals surface area contributed by atoms with Gasteiger partial charge in [0.05, 0.1) is 5.69 Å². The minimum Gasteiger partial charge on any atom is -0.366 e. The fourth-order valence-corrected chi connectivity index (χ4v) is 3.63. The highest BCUT2D eigenvalue weighted by molar-refractivity contribution is 5.98. The second kappa shape index (κ2) is 9.07. The minimum atomic E-state index is -0.595. The molecule has 1 saturated heterocycles. The summed E-state index contributed by atoms with van der Waals surface area (Å²) in [5.41, 5.74) is 2.02. The monoisotopic (exact) mass is 397 g/mol. The van der Waals surface area contributed by atoms with Crippen molar-refractivity contribution in [1.29, 1.82) is 0 Å². The zero-order valence-corrected chi connectivity index (χ0v) is 17.2. The van der Waals surface area contributed by atoms with Crippen LogP contribution in [0.2, 0.25) is 0 Å². The maximum atomic E-state index is 14.0. The number of hydrogen-bond acceptors (Lipinski definition) is 3. The van der Waals surface area contributed by atoms with Gasteiger partial charge >= 0.3 is 0 Å².